The van der Waals surface area contributed by atoms with E-state index in [9.17, 15) is 24.0 Å². The molecule has 0 radical (unpaired) electrons. The molecule has 2 saturated heterocycles. The number of imide groups is 2. The highest BCUT2D eigenvalue weighted by atomic mass is 32.2. The van der Waals surface area contributed by atoms with E-state index in [1.54, 1.807) is 0 Å². The first kappa shape index (κ1) is 37.7. The van der Waals surface area contributed by atoms with Crippen LogP contribution in [-0.2, 0) is 14.4 Å². The van der Waals surface area contributed by atoms with Crippen LogP contribution in [-0.4, -0.2) is 84.0 Å². The molecule has 16 heteroatoms. The van der Waals surface area contributed by atoms with Crippen LogP contribution in [0.25, 0.3) is 22.3 Å². The predicted molar refractivity (Wildman–Crippen MR) is 209 cm³/mol. The lowest BCUT2D eigenvalue weighted by molar-refractivity contribution is -0.136. The van der Waals surface area contributed by atoms with Crippen LogP contribution in [0, 0.1) is 5.82 Å². The molecule has 0 aliphatic carbocycles. The maximum absolute atomic E-state index is 15.1. The van der Waals surface area contributed by atoms with E-state index in [0.29, 0.717) is 66.4 Å². The maximum Gasteiger partial charge on any atom is 0.262 e. The topological polar surface area (TPSA) is 183 Å². The lowest BCUT2D eigenvalue weighted by atomic mass is 10.0. The number of benzene rings is 3. The van der Waals surface area contributed by atoms with E-state index < -0.39 is 35.5 Å². The third kappa shape index (κ3) is 7.68. The van der Waals surface area contributed by atoms with Crippen molar-refractivity contribution in [1.29, 1.82) is 0 Å². The fraction of sp³-hybridized carbons (Fsp3) is 0.317. The van der Waals surface area contributed by atoms with Crippen molar-refractivity contribution in [3.8, 4) is 22.8 Å². The van der Waals surface area contributed by atoms with Crippen LogP contribution in [0.2, 0.25) is 0 Å². The molecule has 0 saturated carbocycles. The Hall–Kier alpha value is -6.16. The predicted octanol–water partition coefficient (Wildman–Crippen LogP) is 5.92. The van der Waals surface area contributed by atoms with Crippen molar-refractivity contribution in [2.75, 3.05) is 24.6 Å². The summed E-state index contributed by atoms with van der Waals surface area (Å²) in [6.07, 6.45) is 5.55. The molecule has 14 nitrogen and oxygen atoms in total. The summed E-state index contributed by atoms with van der Waals surface area (Å²) >= 11 is 1.23. The summed E-state index contributed by atoms with van der Waals surface area (Å²) in [7, 11) is 0. The van der Waals surface area contributed by atoms with Gasteiger partial charge in [0.25, 0.3) is 11.8 Å². The summed E-state index contributed by atoms with van der Waals surface area (Å²) in [5, 5.41) is 7.81. The average Bonchev–Trinajstić information content (AvgIpc) is 3.72. The highest BCUT2D eigenvalue weighted by molar-refractivity contribution is 7.99. The number of nitrogens with zero attached hydrogens (tertiary/aromatic N) is 6. The minimum absolute atomic E-state index is 0.00208. The van der Waals surface area contributed by atoms with Gasteiger partial charge in [-0.3, -0.25) is 34.2 Å². The number of para-hydroxylation sites is 1. The van der Waals surface area contributed by atoms with Crippen LogP contribution in [0.4, 0.5) is 10.2 Å². The Morgan fingerprint density at radius 1 is 0.930 bits per heavy atom. The van der Waals surface area contributed by atoms with Gasteiger partial charge >= 0.3 is 0 Å². The van der Waals surface area contributed by atoms with Gasteiger partial charge in [0.05, 0.1) is 22.6 Å². The van der Waals surface area contributed by atoms with E-state index in [1.165, 1.54) is 24.2 Å². The van der Waals surface area contributed by atoms with Crippen LogP contribution < -0.4 is 15.8 Å². The molecule has 2 aromatic heterocycles. The molecular weight excluding hydrogens is 752 g/mol. The zero-order chi connectivity index (χ0) is 39.6. The standard InChI is InChI=1S/C41H39FN8O6S/c42-30-20-28-29(41(55)49(40(28)54)31-16-17-33(51)46-39(31)53)21-32(30)57-19-6-2-5-11-34(52)48-18-7-8-25(22-48)50-38-35(37(43)44-23-45-38)36(47-50)24-12-14-27(15-13-24)56-26-9-3-1-4-10-26/h1,3-4,9-10,12-15,20-21,23,25,31H,2,5-8,11,16-19,22H2,(H2,43,44,45)(H,46,51,53). The number of anilines is 1. The number of nitrogens with one attached hydrogen (secondary N) is 1. The number of amides is 5. The van der Waals surface area contributed by atoms with Crippen molar-refractivity contribution in [2.24, 2.45) is 0 Å². The monoisotopic (exact) mass is 790 g/mol. The fourth-order valence-corrected chi connectivity index (χ4v) is 8.58. The SMILES string of the molecule is Nc1ncnc2c1c(-c1ccc(Oc3ccccc3)cc1)nn2C1CCCN(C(=O)CCCCCSc2cc3c(cc2F)C(=O)N(C2CCC(=O)NC2=O)C3=O)C1. The molecule has 2 atom stereocenters. The summed E-state index contributed by atoms with van der Waals surface area (Å²) in [5.74, 6) is -0.896. The first-order chi connectivity index (χ1) is 27.7. The number of carbonyl (C=O) groups is 5. The van der Waals surface area contributed by atoms with Crippen LogP contribution >= 0.6 is 11.8 Å². The highest BCUT2D eigenvalue weighted by Crippen LogP contribution is 2.36. The number of aromatic nitrogens is 4. The first-order valence-electron chi connectivity index (χ1n) is 18.9. The molecule has 0 bridgehead atoms. The van der Waals surface area contributed by atoms with Gasteiger partial charge in [0.15, 0.2) is 5.65 Å². The van der Waals surface area contributed by atoms with Gasteiger partial charge in [0.1, 0.15) is 41.2 Å². The Kier molecular flexibility index (Phi) is 10.7. The molecule has 2 fully saturated rings. The maximum atomic E-state index is 15.1. The number of likely N-dealkylation sites (tertiary alicyclic amines) is 1. The molecule has 5 aromatic rings. The average molecular weight is 791 g/mol. The number of thioether (sulfide) groups is 1. The van der Waals surface area contributed by atoms with E-state index in [1.807, 2.05) is 64.2 Å². The van der Waals surface area contributed by atoms with Crippen molar-refractivity contribution in [1.82, 2.24) is 34.9 Å². The summed E-state index contributed by atoms with van der Waals surface area (Å²) in [5.41, 5.74) is 8.43. The molecule has 5 heterocycles. The zero-order valence-electron chi connectivity index (χ0n) is 30.9. The molecule has 3 aliphatic rings. The molecule has 2 unspecified atom stereocenters. The van der Waals surface area contributed by atoms with E-state index >= 15 is 4.39 Å². The smallest absolute Gasteiger partial charge is 0.262 e. The molecule has 3 N–H and O–H groups in total. The molecule has 3 aromatic carbocycles. The number of nitrogen functional groups attached to an aromatic ring is 1. The van der Waals surface area contributed by atoms with E-state index in [4.69, 9.17) is 15.6 Å². The summed E-state index contributed by atoms with van der Waals surface area (Å²) in [6.45, 7) is 1.13. The number of hydrogen-bond acceptors (Lipinski definition) is 11. The minimum atomic E-state index is -1.12. The van der Waals surface area contributed by atoms with Crippen molar-refractivity contribution in [3.63, 3.8) is 0 Å². The number of piperidine rings is 2. The highest BCUT2D eigenvalue weighted by Gasteiger charge is 2.45. The molecular formula is C41H39FN8O6S. The second kappa shape index (κ2) is 16.1. The van der Waals surface area contributed by atoms with Crippen molar-refractivity contribution < 1.29 is 33.1 Å². The van der Waals surface area contributed by atoms with Crippen molar-refractivity contribution in [3.05, 3.63) is 90.0 Å². The number of hydrogen-bond donors (Lipinski definition) is 2. The lowest BCUT2D eigenvalue weighted by Gasteiger charge is -2.33. The molecule has 57 heavy (non-hydrogen) atoms. The third-order valence-corrected chi connectivity index (χ3v) is 11.6. The van der Waals surface area contributed by atoms with Crippen molar-refractivity contribution >= 4 is 58.1 Å². The van der Waals surface area contributed by atoms with Crippen LogP contribution in [0.3, 0.4) is 0 Å². The Morgan fingerprint density at radius 2 is 1.68 bits per heavy atom. The van der Waals surface area contributed by atoms with Gasteiger partial charge in [-0.25, -0.2) is 19.0 Å². The quantitative estimate of drug-likeness (QED) is 0.0869. The number of fused-ring (bicyclic) bond motifs is 2. The molecule has 5 amide bonds. The van der Waals surface area contributed by atoms with Gasteiger partial charge in [-0.2, -0.15) is 5.10 Å². The summed E-state index contributed by atoms with van der Waals surface area (Å²) < 4.78 is 22.9. The molecule has 292 valence electrons. The first-order valence-corrected chi connectivity index (χ1v) is 19.9. The van der Waals surface area contributed by atoms with Gasteiger partial charge in [-0.15, -0.1) is 11.8 Å². The van der Waals surface area contributed by atoms with Gasteiger partial charge in [0, 0.05) is 36.4 Å². The second-order valence-corrected chi connectivity index (χ2v) is 15.4. The van der Waals surface area contributed by atoms with E-state index in [0.717, 1.165) is 41.5 Å². The molecule has 3 aliphatic heterocycles. The van der Waals surface area contributed by atoms with E-state index in [2.05, 4.69) is 15.3 Å². The normalized spacial score (nSPS) is 18.3. The number of rotatable bonds is 12. The Balaban J connectivity index is 0.847. The molecule has 8 rings (SSSR count). The van der Waals surface area contributed by atoms with Crippen LogP contribution in [0.1, 0.15) is 78.1 Å². The van der Waals surface area contributed by atoms with E-state index in [-0.39, 0.29) is 40.8 Å². The van der Waals surface area contributed by atoms with Gasteiger partial charge in [0.2, 0.25) is 17.7 Å². The Bertz CT molecular complexity index is 2390. The summed E-state index contributed by atoms with van der Waals surface area (Å²) in [4.78, 5) is 75.2. The lowest BCUT2D eigenvalue weighted by Crippen LogP contribution is -2.54. The summed E-state index contributed by atoms with van der Waals surface area (Å²) in [6, 6.07) is 18.3. The van der Waals surface area contributed by atoms with Crippen molar-refractivity contribution in [2.45, 2.75) is 68.3 Å². The Morgan fingerprint density at radius 3 is 2.46 bits per heavy atom. The van der Waals surface area contributed by atoms with Crippen LogP contribution in [0.15, 0.2) is 78.0 Å². The molecule has 0 spiro atoms. The number of halogens is 1. The van der Waals surface area contributed by atoms with Gasteiger partial charge in [-0.1, -0.05) is 24.6 Å². The zero-order valence-corrected chi connectivity index (χ0v) is 31.7. The largest absolute Gasteiger partial charge is 0.457 e. The Labute approximate surface area is 331 Å². The van der Waals surface area contributed by atoms with Gasteiger partial charge < -0.3 is 15.4 Å². The number of unbranched alkanes of at least 4 members (excludes halogenated alkanes) is 2. The number of carbonyl (C=O) groups excluding carboxylic acids is 5. The second-order valence-electron chi connectivity index (χ2n) is 14.3. The number of nitrogens with two attached hydrogens (primary N) is 1. The fourth-order valence-electron chi connectivity index (χ4n) is 7.61. The van der Waals surface area contributed by atoms with Crippen LogP contribution in [0.5, 0.6) is 11.5 Å². The van der Waals surface area contributed by atoms with Gasteiger partial charge in [-0.05, 0) is 86.4 Å². The third-order valence-electron chi connectivity index (χ3n) is 10.5. The number of ether oxygens (including phenoxy) is 1. The minimum Gasteiger partial charge on any atom is -0.457 e.